The van der Waals surface area contributed by atoms with Crippen molar-refractivity contribution in [3.05, 3.63) is 89.7 Å². The fraction of sp³-hybridized carbons (Fsp3) is 0.429. The van der Waals surface area contributed by atoms with Crippen LogP contribution in [0.1, 0.15) is 56.1 Å². The highest BCUT2D eigenvalue weighted by Gasteiger charge is 2.32. The maximum Gasteiger partial charge on any atom is 0.243 e. The van der Waals surface area contributed by atoms with E-state index in [1.807, 2.05) is 30.3 Å². The van der Waals surface area contributed by atoms with Gasteiger partial charge < -0.3 is 19.7 Å². The molecule has 5 rings (SSSR count). The van der Waals surface area contributed by atoms with Gasteiger partial charge in [0.2, 0.25) is 21.8 Å². The maximum atomic E-state index is 14.9. The summed E-state index contributed by atoms with van der Waals surface area (Å²) in [5.74, 6) is -0.1000. The third-order valence-corrected chi connectivity index (χ3v) is 9.68. The second-order valence-electron chi connectivity index (χ2n) is 11.9. The first kappa shape index (κ1) is 33.2. The number of hydrogen-bond acceptors (Lipinski definition) is 6. The molecule has 0 aromatic heterocycles. The molecule has 9 nitrogen and oxygen atoms in total. The smallest absolute Gasteiger partial charge is 0.243 e. The van der Waals surface area contributed by atoms with Gasteiger partial charge in [0.1, 0.15) is 25.1 Å². The van der Waals surface area contributed by atoms with Gasteiger partial charge in [-0.15, -0.1) is 0 Å². The molecule has 1 heterocycles. The van der Waals surface area contributed by atoms with Gasteiger partial charge >= 0.3 is 0 Å². The van der Waals surface area contributed by atoms with E-state index >= 15 is 0 Å². The van der Waals surface area contributed by atoms with Crippen LogP contribution in [-0.4, -0.2) is 63.2 Å². The Bertz CT molecular complexity index is 1600. The number of fused-ring (bicyclic) bond motifs is 1. The molecule has 1 aliphatic carbocycles. The molecule has 0 radical (unpaired) electrons. The zero-order chi connectivity index (χ0) is 32.5. The monoisotopic (exact) mass is 651 g/mol. The summed E-state index contributed by atoms with van der Waals surface area (Å²) >= 11 is 0. The Morgan fingerprint density at radius 3 is 2.35 bits per heavy atom. The van der Waals surface area contributed by atoms with E-state index in [9.17, 15) is 22.4 Å². The summed E-state index contributed by atoms with van der Waals surface area (Å²) in [7, 11) is -3.71. The first-order valence-electron chi connectivity index (χ1n) is 15.9. The average Bonchev–Trinajstić information content (AvgIpc) is 3.05. The molecule has 1 saturated carbocycles. The van der Waals surface area contributed by atoms with Gasteiger partial charge in [0.05, 0.1) is 11.9 Å². The number of carbonyl (C=O) groups is 2. The SMILES string of the molecule is CS(=O)(=O)N(CCCC(=O)N(Cc1ccccc1F)[C@H](Cc1ccccc1)C(=O)NC1CCCCC1)c1ccc2c(c1)OCCO2. The second-order valence-corrected chi connectivity index (χ2v) is 13.8. The lowest BCUT2D eigenvalue weighted by atomic mass is 9.94. The van der Waals surface area contributed by atoms with E-state index in [1.165, 1.54) is 15.3 Å². The predicted octanol–water partition coefficient (Wildman–Crippen LogP) is 5.23. The van der Waals surface area contributed by atoms with Crippen molar-refractivity contribution in [2.75, 3.05) is 30.3 Å². The molecule has 0 bridgehead atoms. The molecule has 3 aromatic carbocycles. The van der Waals surface area contributed by atoms with Crippen molar-refractivity contribution < 1.29 is 31.9 Å². The molecular formula is C35H42FN3O6S. The molecule has 2 aliphatic rings. The molecule has 2 amide bonds. The summed E-state index contributed by atoms with van der Waals surface area (Å²) in [5.41, 5.74) is 1.57. The van der Waals surface area contributed by atoms with Crippen molar-refractivity contribution in [2.24, 2.45) is 0 Å². The van der Waals surface area contributed by atoms with Crippen LogP contribution in [0.3, 0.4) is 0 Å². The molecule has 0 unspecified atom stereocenters. The number of rotatable bonds is 13. The van der Waals surface area contributed by atoms with E-state index in [1.54, 1.807) is 36.4 Å². The highest BCUT2D eigenvalue weighted by molar-refractivity contribution is 7.92. The van der Waals surface area contributed by atoms with Crippen LogP contribution in [0.5, 0.6) is 11.5 Å². The predicted molar refractivity (Wildman–Crippen MR) is 175 cm³/mol. The third kappa shape index (κ3) is 8.78. The summed E-state index contributed by atoms with van der Waals surface area (Å²) in [6, 6.07) is 19.8. The first-order chi connectivity index (χ1) is 22.2. The van der Waals surface area contributed by atoms with Crippen LogP contribution in [0.15, 0.2) is 72.8 Å². The van der Waals surface area contributed by atoms with Crippen LogP contribution >= 0.6 is 0 Å². The number of hydrogen-bond donors (Lipinski definition) is 1. The number of nitrogens with zero attached hydrogens (tertiary/aromatic N) is 2. The Hall–Kier alpha value is -4.12. The lowest BCUT2D eigenvalue weighted by Gasteiger charge is -2.34. The number of ether oxygens (including phenoxy) is 2. The van der Waals surface area contributed by atoms with E-state index in [0.717, 1.165) is 43.9 Å². The van der Waals surface area contributed by atoms with Crippen LogP contribution in [0.2, 0.25) is 0 Å². The fourth-order valence-electron chi connectivity index (χ4n) is 6.10. The molecule has 1 aliphatic heterocycles. The number of sulfonamides is 1. The van der Waals surface area contributed by atoms with Crippen LogP contribution in [0, 0.1) is 5.82 Å². The lowest BCUT2D eigenvalue weighted by molar-refractivity contribution is -0.141. The fourth-order valence-corrected chi connectivity index (χ4v) is 7.06. The van der Waals surface area contributed by atoms with Gasteiger partial charge in [0.15, 0.2) is 11.5 Å². The number of halogens is 1. The van der Waals surface area contributed by atoms with E-state index in [2.05, 4.69) is 5.32 Å². The van der Waals surface area contributed by atoms with E-state index in [4.69, 9.17) is 9.47 Å². The Morgan fingerprint density at radius 2 is 1.63 bits per heavy atom. The molecule has 246 valence electrons. The van der Waals surface area contributed by atoms with Crippen LogP contribution in [0.4, 0.5) is 10.1 Å². The molecule has 1 fully saturated rings. The van der Waals surface area contributed by atoms with E-state index < -0.39 is 21.9 Å². The summed E-state index contributed by atoms with van der Waals surface area (Å²) in [5, 5.41) is 3.18. The Morgan fingerprint density at radius 1 is 0.935 bits per heavy atom. The second kappa shape index (κ2) is 15.4. The van der Waals surface area contributed by atoms with Gasteiger partial charge in [-0.05, 0) is 43.0 Å². The topological polar surface area (TPSA) is 105 Å². The molecule has 0 spiro atoms. The summed E-state index contributed by atoms with van der Waals surface area (Å²) in [4.78, 5) is 29.5. The number of benzene rings is 3. The molecule has 0 saturated heterocycles. The molecule has 11 heteroatoms. The minimum Gasteiger partial charge on any atom is -0.486 e. The molecule has 3 aromatic rings. The van der Waals surface area contributed by atoms with Gasteiger partial charge in [0, 0.05) is 43.6 Å². The van der Waals surface area contributed by atoms with Crippen LogP contribution < -0.4 is 19.1 Å². The molecule has 46 heavy (non-hydrogen) atoms. The molecule has 1 N–H and O–H groups in total. The molecular weight excluding hydrogens is 609 g/mol. The highest BCUT2D eigenvalue weighted by atomic mass is 32.2. The Labute approximate surface area is 270 Å². The minimum absolute atomic E-state index is 0.0232. The number of anilines is 1. The van der Waals surface area contributed by atoms with Gasteiger partial charge in [-0.1, -0.05) is 67.8 Å². The van der Waals surface area contributed by atoms with Gasteiger partial charge in [0.25, 0.3) is 0 Å². The first-order valence-corrected chi connectivity index (χ1v) is 17.8. The zero-order valence-corrected chi connectivity index (χ0v) is 27.0. The van der Waals surface area contributed by atoms with Crippen molar-refractivity contribution in [3.63, 3.8) is 0 Å². The Balaban J connectivity index is 1.38. The number of carbonyl (C=O) groups excluding carboxylic acids is 2. The van der Waals surface area contributed by atoms with Gasteiger partial charge in [-0.3, -0.25) is 13.9 Å². The van der Waals surface area contributed by atoms with E-state index in [-0.39, 0.29) is 50.2 Å². The van der Waals surface area contributed by atoms with Crippen molar-refractivity contribution in [2.45, 2.75) is 70.0 Å². The number of amides is 2. The van der Waals surface area contributed by atoms with E-state index in [0.29, 0.717) is 36.0 Å². The summed E-state index contributed by atoms with van der Waals surface area (Å²) in [6.45, 7) is 0.701. The van der Waals surface area contributed by atoms with Crippen molar-refractivity contribution in [1.29, 1.82) is 0 Å². The largest absolute Gasteiger partial charge is 0.486 e. The van der Waals surface area contributed by atoms with Gasteiger partial charge in [-0.2, -0.15) is 0 Å². The van der Waals surface area contributed by atoms with Crippen LogP contribution in [0.25, 0.3) is 0 Å². The quantitative estimate of drug-likeness (QED) is 0.272. The van der Waals surface area contributed by atoms with Crippen molar-refractivity contribution in [1.82, 2.24) is 10.2 Å². The normalized spacial score (nSPS) is 15.5. The molecule has 1 atom stereocenters. The maximum absolute atomic E-state index is 14.9. The number of nitrogens with one attached hydrogen (secondary N) is 1. The average molecular weight is 652 g/mol. The highest BCUT2D eigenvalue weighted by Crippen LogP contribution is 2.35. The third-order valence-electron chi connectivity index (χ3n) is 8.49. The van der Waals surface area contributed by atoms with Crippen LogP contribution in [-0.2, 0) is 32.6 Å². The minimum atomic E-state index is -3.71. The van der Waals surface area contributed by atoms with Crippen molar-refractivity contribution in [3.8, 4) is 11.5 Å². The summed E-state index contributed by atoms with van der Waals surface area (Å²) < 4.78 is 53.1. The standard InChI is InChI=1S/C35H42FN3O6S/c1-46(42,43)39(29-18-19-32-33(24-29)45-22-21-44-32)20-10-17-34(40)38(25-27-13-8-9-16-30(27)36)31(23-26-11-4-2-5-12-26)35(41)37-28-14-6-3-7-15-28/h2,4-5,8-9,11-13,16,18-19,24,28,31H,3,6-7,10,14-15,17,20-23,25H2,1H3,(H,37,41)/t31-/m1/s1. The zero-order valence-electron chi connectivity index (χ0n) is 26.2. The van der Waals surface area contributed by atoms with Crippen molar-refractivity contribution >= 4 is 27.5 Å². The Kier molecular flexibility index (Phi) is 11.2. The van der Waals surface area contributed by atoms with Gasteiger partial charge in [-0.25, -0.2) is 12.8 Å². The summed E-state index contributed by atoms with van der Waals surface area (Å²) in [6.07, 6.45) is 6.46. The lowest BCUT2D eigenvalue weighted by Crippen LogP contribution is -2.53.